The van der Waals surface area contributed by atoms with Crippen LogP contribution in [-0.4, -0.2) is 33.3 Å². The standard InChI is InChI=1S/C22H19FN4O4/c1-31-11-6-7-15-13(10-11)12-8-9-24-19(18(12)25-15)17-20(28)26-22(30)27(21(17)29)16-5-3-2-4-14(16)23/h2-7,10,19,24-25,29H,8-9H2,1H3,(H,26,28,30)/t19-/m1/s1. The van der Waals surface area contributed by atoms with Crippen LogP contribution in [0.4, 0.5) is 4.39 Å². The van der Waals surface area contributed by atoms with E-state index in [9.17, 15) is 19.1 Å². The van der Waals surface area contributed by atoms with Crippen molar-refractivity contribution in [2.24, 2.45) is 0 Å². The van der Waals surface area contributed by atoms with E-state index in [0.717, 1.165) is 21.0 Å². The normalized spacial score (nSPS) is 15.7. The molecule has 9 heteroatoms. The van der Waals surface area contributed by atoms with Crippen LogP contribution in [0.5, 0.6) is 11.6 Å². The van der Waals surface area contributed by atoms with E-state index in [2.05, 4.69) is 15.3 Å². The Hall–Kier alpha value is -3.85. The van der Waals surface area contributed by atoms with Gasteiger partial charge in [0.1, 0.15) is 17.1 Å². The molecule has 0 bridgehead atoms. The summed E-state index contributed by atoms with van der Waals surface area (Å²) in [4.78, 5) is 30.7. The van der Waals surface area contributed by atoms with Crippen molar-refractivity contribution in [3.63, 3.8) is 0 Å². The summed E-state index contributed by atoms with van der Waals surface area (Å²) < 4.78 is 20.5. The molecule has 0 aliphatic carbocycles. The van der Waals surface area contributed by atoms with Crippen LogP contribution < -0.4 is 21.3 Å². The molecule has 2 aromatic carbocycles. The summed E-state index contributed by atoms with van der Waals surface area (Å²) >= 11 is 0. The minimum atomic E-state index is -0.922. The van der Waals surface area contributed by atoms with Crippen molar-refractivity contribution in [3.8, 4) is 17.3 Å². The summed E-state index contributed by atoms with van der Waals surface area (Å²) in [6, 6.07) is 10.4. The molecule has 1 aliphatic rings. The van der Waals surface area contributed by atoms with Crippen LogP contribution in [0.3, 0.4) is 0 Å². The van der Waals surface area contributed by atoms with Crippen molar-refractivity contribution in [3.05, 3.63) is 85.9 Å². The van der Waals surface area contributed by atoms with E-state index in [-0.39, 0.29) is 11.3 Å². The monoisotopic (exact) mass is 422 g/mol. The molecule has 1 atom stereocenters. The van der Waals surface area contributed by atoms with E-state index < -0.39 is 29.0 Å². The molecule has 4 N–H and O–H groups in total. The number of aromatic hydroxyl groups is 1. The van der Waals surface area contributed by atoms with E-state index in [1.807, 2.05) is 18.2 Å². The summed E-state index contributed by atoms with van der Waals surface area (Å²) in [5, 5.41) is 15.1. The first kappa shape index (κ1) is 19.1. The fourth-order valence-electron chi connectivity index (χ4n) is 4.24. The first-order valence-corrected chi connectivity index (χ1v) is 9.74. The molecule has 0 fully saturated rings. The predicted molar refractivity (Wildman–Crippen MR) is 113 cm³/mol. The largest absolute Gasteiger partial charge is 0.497 e. The molecule has 158 valence electrons. The molecule has 0 spiro atoms. The smallest absolute Gasteiger partial charge is 0.335 e. The molecule has 5 rings (SSSR count). The van der Waals surface area contributed by atoms with Gasteiger partial charge < -0.3 is 20.1 Å². The Balaban J connectivity index is 1.74. The van der Waals surface area contributed by atoms with Gasteiger partial charge >= 0.3 is 5.69 Å². The van der Waals surface area contributed by atoms with Gasteiger partial charge in [-0.15, -0.1) is 0 Å². The van der Waals surface area contributed by atoms with Crippen molar-refractivity contribution in [1.29, 1.82) is 0 Å². The Morgan fingerprint density at radius 1 is 1.16 bits per heavy atom. The lowest BCUT2D eigenvalue weighted by molar-refractivity contribution is 0.407. The highest BCUT2D eigenvalue weighted by atomic mass is 19.1. The van der Waals surface area contributed by atoms with Crippen molar-refractivity contribution in [1.82, 2.24) is 19.9 Å². The van der Waals surface area contributed by atoms with Crippen molar-refractivity contribution >= 4 is 10.9 Å². The third-order valence-electron chi connectivity index (χ3n) is 5.66. The van der Waals surface area contributed by atoms with Gasteiger partial charge in [-0.05, 0) is 42.3 Å². The highest BCUT2D eigenvalue weighted by Crippen LogP contribution is 2.36. The van der Waals surface area contributed by atoms with Crippen LogP contribution in [0.2, 0.25) is 0 Å². The Bertz CT molecular complexity index is 1440. The maximum Gasteiger partial charge on any atom is 0.335 e. The number of nitrogens with zero attached hydrogens (tertiary/aromatic N) is 1. The lowest BCUT2D eigenvalue weighted by Crippen LogP contribution is -2.38. The number of aromatic amines is 2. The number of fused-ring (bicyclic) bond motifs is 3. The molecule has 0 saturated heterocycles. The Kier molecular flexibility index (Phi) is 4.40. The number of H-pyrrole nitrogens is 2. The highest BCUT2D eigenvalue weighted by Gasteiger charge is 2.31. The van der Waals surface area contributed by atoms with Crippen LogP contribution >= 0.6 is 0 Å². The van der Waals surface area contributed by atoms with Gasteiger partial charge in [-0.25, -0.2) is 13.8 Å². The van der Waals surface area contributed by atoms with Crippen LogP contribution in [0.1, 0.15) is 22.9 Å². The van der Waals surface area contributed by atoms with Crippen LogP contribution in [0.15, 0.2) is 52.1 Å². The molecule has 3 heterocycles. The number of halogens is 1. The Morgan fingerprint density at radius 2 is 1.97 bits per heavy atom. The zero-order chi connectivity index (χ0) is 21.7. The summed E-state index contributed by atoms with van der Waals surface area (Å²) in [5.41, 5.74) is 0.666. The average Bonchev–Trinajstić information content (AvgIpc) is 3.13. The van der Waals surface area contributed by atoms with E-state index >= 15 is 0 Å². The van der Waals surface area contributed by atoms with E-state index in [1.54, 1.807) is 7.11 Å². The Morgan fingerprint density at radius 3 is 2.74 bits per heavy atom. The first-order chi connectivity index (χ1) is 15.0. The number of rotatable bonds is 3. The minimum absolute atomic E-state index is 0.0673. The quantitative estimate of drug-likeness (QED) is 0.404. The van der Waals surface area contributed by atoms with Gasteiger partial charge in [-0.1, -0.05) is 12.1 Å². The summed E-state index contributed by atoms with van der Waals surface area (Å²) in [7, 11) is 1.59. The van der Waals surface area contributed by atoms with Gasteiger partial charge in [0, 0.05) is 23.1 Å². The lowest BCUT2D eigenvalue weighted by Gasteiger charge is -2.25. The van der Waals surface area contributed by atoms with E-state index in [1.165, 1.54) is 24.3 Å². The lowest BCUT2D eigenvalue weighted by atomic mass is 9.95. The number of hydrogen-bond acceptors (Lipinski definition) is 5. The summed E-state index contributed by atoms with van der Waals surface area (Å²) in [5.74, 6) is -0.605. The number of ether oxygens (including phenoxy) is 1. The van der Waals surface area contributed by atoms with Crippen LogP contribution in [0.25, 0.3) is 16.6 Å². The zero-order valence-corrected chi connectivity index (χ0v) is 16.5. The molecule has 0 saturated carbocycles. The topological polar surface area (TPSA) is 112 Å². The maximum atomic E-state index is 14.4. The first-order valence-electron chi connectivity index (χ1n) is 9.74. The van der Waals surface area contributed by atoms with Gasteiger partial charge in [-0.3, -0.25) is 9.78 Å². The molecule has 1 aliphatic heterocycles. The van der Waals surface area contributed by atoms with Gasteiger partial charge in [0.15, 0.2) is 0 Å². The van der Waals surface area contributed by atoms with E-state index in [0.29, 0.717) is 24.4 Å². The number of para-hydroxylation sites is 1. The van der Waals surface area contributed by atoms with Gasteiger partial charge in [0.2, 0.25) is 5.88 Å². The highest BCUT2D eigenvalue weighted by molar-refractivity contribution is 5.86. The van der Waals surface area contributed by atoms with Crippen LogP contribution in [-0.2, 0) is 6.42 Å². The fraction of sp³-hybridized carbons (Fsp3) is 0.182. The molecule has 0 radical (unpaired) electrons. The van der Waals surface area contributed by atoms with E-state index in [4.69, 9.17) is 4.74 Å². The zero-order valence-electron chi connectivity index (χ0n) is 16.5. The minimum Gasteiger partial charge on any atom is -0.497 e. The Labute approximate surface area is 174 Å². The second-order valence-corrected chi connectivity index (χ2v) is 7.35. The number of benzene rings is 2. The molecule has 0 amide bonds. The molecule has 8 nitrogen and oxygen atoms in total. The van der Waals surface area contributed by atoms with Gasteiger partial charge in [0.25, 0.3) is 5.56 Å². The van der Waals surface area contributed by atoms with Crippen LogP contribution in [0, 0.1) is 5.82 Å². The van der Waals surface area contributed by atoms with Crippen molar-refractivity contribution in [2.45, 2.75) is 12.5 Å². The average molecular weight is 422 g/mol. The van der Waals surface area contributed by atoms with Crippen molar-refractivity contribution in [2.75, 3.05) is 13.7 Å². The maximum absolute atomic E-state index is 14.4. The molecule has 4 aromatic rings. The van der Waals surface area contributed by atoms with Gasteiger partial charge in [0.05, 0.1) is 18.8 Å². The third kappa shape index (κ3) is 2.93. The van der Waals surface area contributed by atoms with Gasteiger partial charge in [-0.2, -0.15) is 0 Å². The molecule has 31 heavy (non-hydrogen) atoms. The second-order valence-electron chi connectivity index (χ2n) is 7.35. The summed E-state index contributed by atoms with van der Waals surface area (Å²) in [6.45, 7) is 0.541. The number of hydrogen-bond donors (Lipinski definition) is 4. The molecule has 0 unspecified atom stereocenters. The second kappa shape index (κ2) is 7.13. The number of aromatic nitrogens is 3. The third-order valence-corrected chi connectivity index (χ3v) is 5.66. The molecule has 2 aromatic heterocycles. The SMILES string of the molecule is COc1ccc2[nH]c3c(c2c1)CCN[C@@H]3c1c(O)n(-c2ccccc2F)c(=O)[nH]c1=O. The molecular weight excluding hydrogens is 403 g/mol. The molecular formula is C22H19FN4O4. The predicted octanol–water partition coefficient (Wildman–Crippen LogP) is 2.10. The number of nitrogens with one attached hydrogen (secondary N) is 3. The fourth-order valence-corrected chi connectivity index (χ4v) is 4.24. The van der Waals surface area contributed by atoms with Crippen molar-refractivity contribution < 1.29 is 14.2 Å². The summed E-state index contributed by atoms with van der Waals surface area (Å²) in [6.07, 6.45) is 0.699. The number of methoxy groups -OCH3 is 1.